The van der Waals surface area contributed by atoms with Gasteiger partial charge in [-0.05, 0) is 17.7 Å². The van der Waals surface area contributed by atoms with Gasteiger partial charge < -0.3 is 20.3 Å². The van der Waals surface area contributed by atoms with Crippen molar-refractivity contribution >= 4 is 23.8 Å². The average Bonchev–Trinajstić information content (AvgIpc) is 2.49. The average molecular weight is 313 g/mol. The summed E-state index contributed by atoms with van der Waals surface area (Å²) in [5.41, 5.74) is 0.830. The molecule has 0 fully saturated rings. The molecule has 1 unspecified atom stereocenters. The number of nitrogens with one attached hydrogen (secondary N) is 1. The molecule has 0 radical (unpaired) electrons. The summed E-state index contributed by atoms with van der Waals surface area (Å²) in [6.45, 7) is 0.161. The molecule has 0 bridgehead atoms. The number of hydrogen-bond donors (Lipinski definition) is 3. The number of carbonyl (C=O) groups is 2. The number of rotatable bonds is 9. The lowest BCUT2D eigenvalue weighted by molar-refractivity contribution is -0.138. The number of aliphatic hydroxyl groups is 1. The number of alkyl carbamates (subject to hydrolysis) is 1. The molecule has 1 aromatic carbocycles. The Labute approximate surface area is 127 Å². The van der Waals surface area contributed by atoms with Gasteiger partial charge in [-0.25, -0.2) is 9.59 Å². The van der Waals surface area contributed by atoms with Gasteiger partial charge in [-0.2, -0.15) is 11.8 Å². The molecule has 1 atom stereocenters. The van der Waals surface area contributed by atoms with E-state index in [1.807, 2.05) is 30.3 Å². The topological polar surface area (TPSA) is 95.9 Å². The zero-order chi connectivity index (χ0) is 15.5. The minimum atomic E-state index is -1.11. The number of aliphatic carboxylic acids is 1. The van der Waals surface area contributed by atoms with Crippen molar-refractivity contribution in [2.75, 3.05) is 18.1 Å². The van der Waals surface area contributed by atoms with Crippen LogP contribution in [0, 0.1) is 0 Å². The number of carbonyl (C=O) groups excluding carboxylic acids is 1. The van der Waals surface area contributed by atoms with Crippen LogP contribution in [0.4, 0.5) is 4.79 Å². The summed E-state index contributed by atoms with van der Waals surface area (Å²) in [5, 5.41) is 20.0. The predicted octanol–water partition coefficient (Wildman–Crippen LogP) is 1.48. The minimum absolute atomic E-state index is 0.0667. The van der Waals surface area contributed by atoms with Crippen LogP contribution in [0.1, 0.15) is 12.0 Å². The van der Waals surface area contributed by atoms with Crippen molar-refractivity contribution in [3.8, 4) is 0 Å². The van der Waals surface area contributed by atoms with Gasteiger partial charge in [-0.3, -0.25) is 0 Å². The Morgan fingerprint density at radius 2 is 2.00 bits per heavy atom. The third-order valence-corrected chi connectivity index (χ3v) is 3.68. The number of thioether (sulfide) groups is 1. The lowest BCUT2D eigenvalue weighted by Crippen LogP contribution is -2.42. The summed E-state index contributed by atoms with van der Waals surface area (Å²) in [4.78, 5) is 22.6. The summed E-state index contributed by atoms with van der Waals surface area (Å²) < 4.78 is 4.97. The highest BCUT2D eigenvalue weighted by Gasteiger charge is 2.20. The van der Waals surface area contributed by atoms with E-state index in [-0.39, 0.29) is 19.0 Å². The van der Waals surface area contributed by atoms with Gasteiger partial charge in [0, 0.05) is 12.4 Å². The lowest BCUT2D eigenvalue weighted by Gasteiger charge is -2.14. The molecule has 7 heteroatoms. The number of carboxylic acid groups (broad SMARTS) is 1. The summed E-state index contributed by atoms with van der Waals surface area (Å²) in [6.07, 6.45) is -0.163. The van der Waals surface area contributed by atoms with Gasteiger partial charge in [0.2, 0.25) is 0 Å². The van der Waals surface area contributed by atoms with E-state index in [2.05, 4.69) is 5.32 Å². The molecule has 1 amide bonds. The van der Waals surface area contributed by atoms with E-state index in [0.29, 0.717) is 12.2 Å². The first kappa shape index (κ1) is 17.3. The van der Waals surface area contributed by atoms with E-state index in [9.17, 15) is 9.59 Å². The maximum Gasteiger partial charge on any atom is 0.408 e. The monoisotopic (exact) mass is 313 g/mol. The Kier molecular flexibility index (Phi) is 8.30. The second kappa shape index (κ2) is 10.1. The van der Waals surface area contributed by atoms with Crippen molar-refractivity contribution in [3.05, 3.63) is 35.9 Å². The smallest absolute Gasteiger partial charge is 0.408 e. The largest absolute Gasteiger partial charge is 0.480 e. The Hall–Kier alpha value is -1.73. The molecular formula is C14H19NO5S. The quantitative estimate of drug-likeness (QED) is 0.598. The third-order valence-electron chi connectivity index (χ3n) is 2.53. The Morgan fingerprint density at radius 3 is 2.62 bits per heavy atom. The maximum absolute atomic E-state index is 11.6. The van der Waals surface area contributed by atoms with Crippen LogP contribution in [0.5, 0.6) is 0 Å². The highest BCUT2D eigenvalue weighted by atomic mass is 32.2. The summed E-state index contributed by atoms with van der Waals surface area (Å²) in [7, 11) is 0. The van der Waals surface area contributed by atoms with Gasteiger partial charge in [0.15, 0.2) is 0 Å². The zero-order valence-corrected chi connectivity index (χ0v) is 12.3. The molecule has 1 rings (SSSR count). The number of amides is 1. The predicted molar refractivity (Wildman–Crippen MR) is 80.2 cm³/mol. The molecule has 0 spiro atoms. The minimum Gasteiger partial charge on any atom is -0.480 e. The van der Waals surface area contributed by atoms with Crippen LogP contribution in [0.3, 0.4) is 0 Å². The normalized spacial score (nSPS) is 11.7. The Balaban J connectivity index is 2.33. The zero-order valence-electron chi connectivity index (χ0n) is 11.5. The molecule has 0 saturated carbocycles. The fourth-order valence-corrected chi connectivity index (χ4v) is 2.41. The molecule has 1 aromatic rings. The van der Waals surface area contributed by atoms with Crippen molar-refractivity contribution in [2.24, 2.45) is 0 Å². The van der Waals surface area contributed by atoms with E-state index in [4.69, 9.17) is 14.9 Å². The summed E-state index contributed by atoms with van der Waals surface area (Å²) in [6, 6.07) is 8.13. The first-order valence-corrected chi connectivity index (χ1v) is 7.67. The van der Waals surface area contributed by atoms with Crippen molar-refractivity contribution in [2.45, 2.75) is 19.1 Å². The molecule has 116 valence electrons. The first-order valence-electron chi connectivity index (χ1n) is 6.52. The van der Waals surface area contributed by atoms with Crippen LogP contribution in [0.25, 0.3) is 0 Å². The van der Waals surface area contributed by atoms with E-state index >= 15 is 0 Å². The molecule has 0 aromatic heterocycles. The van der Waals surface area contributed by atoms with E-state index in [0.717, 1.165) is 5.56 Å². The van der Waals surface area contributed by atoms with Crippen molar-refractivity contribution in [1.82, 2.24) is 5.32 Å². The molecule has 0 saturated heterocycles. The molecule has 0 heterocycles. The standard InChI is InChI=1S/C14H19NO5S/c16-7-4-8-21-10-12(13(17)18)15-14(19)20-9-11-5-2-1-3-6-11/h1-3,5-6,12,16H,4,7-10H2,(H,15,19)(H,17,18). The van der Waals surface area contributed by atoms with Crippen LogP contribution in [-0.4, -0.2) is 46.4 Å². The third kappa shape index (κ3) is 7.57. The van der Waals surface area contributed by atoms with Crippen molar-refractivity contribution in [1.29, 1.82) is 0 Å². The van der Waals surface area contributed by atoms with Gasteiger partial charge >= 0.3 is 12.1 Å². The molecule has 0 aliphatic carbocycles. The fraction of sp³-hybridized carbons (Fsp3) is 0.429. The van der Waals surface area contributed by atoms with Crippen LogP contribution in [-0.2, 0) is 16.1 Å². The highest BCUT2D eigenvalue weighted by Crippen LogP contribution is 2.06. The van der Waals surface area contributed by atoms with E-state index in [1.165, 1.54) is 11.8 Å². The second-order valence-corrected chi connectivity index (χ2v) is 5.40. The summed E-state index contributed by atoms with van der Waals surface area (Å²) >= 11 is 1.36. The second-order valence-electron chi connectivity index (χ2n) is 4.25. The molecule has 0 aliphatic heterocycles. The Morgan fingerprint density at radius 1 is 1.29 bits per heavy atom. The van der Waals surface area contributed by atoms with Gasteiger partial charge in [-0.15, -0.1) is 0 Å². The van der Waals surface area contributed by atoms with Crippen molar-refractivity contribution < 1.29 is 24.5 Å². The molecule has 3 N–H and O–H groups in total. The van der Waals surface area contributed by atoms with Crippen LogP contribution >= 0.6 is 11.8 Å². The van der Waals surface area contributed by atoms with Gasteiger partial charge in [-0.1, -0.05) is 30.3 Å². The van der Waals surface area contributed by atoms with Gasteiger partial charge in [0.25, 0.3) is 0 Å². The summed E-state index contributed by atoms with van der Waals surface area (Å²) in [5.74, 6) is -0.236. The Bertz CT molecular complexity index is 440. The van der Waals surface area contributed by atoms with Crippen molar-refractivity contribution in [3.63, 3.8) is 0 Å². The van der Waals surface area contributed by atoms with Crippen LogP contribution < -0.4 is 5.32 Å². The van der Waals surface area contributed by atoms with Gasteiger partial charge in [0.05, 0.1) is 0 Å². The number of ether oxygens (including phenoxy) is 1. The first-order chi connectivity index (χ1) is 10.1. The number of hydrogen-bond acceptors (Lipinski definition) is 5. The number of benzene rings is 1. The lowest BCUT2D eigenvalue weighted by atomic mass is 10.2. The van der Waals surface area contributed by atoms with E-state index in [1.54, 1.807) is 0 Å². The molecular weight excluding hydrogens is 294 g/mol. The number of carboxylic acids is 1. The van der Waals surface area contributed by atoms with E-state index < -0.39 is 18.1 Å². The number of aliphatic hydroxyl groups excluding tert-OH is 1. The highest BCUT2D eigenvalue weighted by molar-refractivity contribution is 7.99. The SMILES string of the molecule is O=C(NC(CSCCCO)C(=O)O)OCc1ccccc1. The fourth-order valence-electron chi connectivity index (χ4n) is 1.45. The van der Waals surface area contributed by atoms with Gasteiger partial charge in [0.1, 0.15) is 12.6 Å². The molecule has 21 heavy (non-hydrogen) atoms. The molecule has 6 nitrogen and oxygen atoms in total. The maximum atomic E-state index is 11.6. The van der Waals surface area contributed by atoms with Crippen LogP contribution in [0.15, 0.2) is 30.3 Å². The molecule has 0 aliphatic rings. The van der Waals surface area contributed by atoms with Crippen LogP contribution in [0.2, 0.25) is 0 Å².